The Morgan fingerprint density at radius 1 is 1.15 bits per heavy atom. The van der Waals surface area contributed by atoms with Crippen LogP contribution in [0.5, 0.6) is 0 Å². The zero-order chi connectivity index (χ0) is 19.0. The van der Waals surface area contributed by atoms with Crippen LogP contribution in [-0.2, 0) is 11.8 Å². The summed E-state index contributed by atoms with van der Waals surface area (Å²) < 4.78 is 2.98. The third kappa shape index (κ3) is 3.32. The monoisotopic (exact) mass is 395 g/mol. The maximum absolute atomic E-state index is 12.2. The van der Waals surface area contributed by atoms with Gasteiger partial charge in [-0.15, -0.1) is 0 Å². The van der Waals surface area contributed by atoms with E-state index in [1.54, 1.807) is 12.1 Å². The summed E-state index contributed by atoms with van der Waals surface area (Å²) in [4.78, 5) is 27.9. The summed E-state index contributed by atoms with van der Waals surface area (Å²) in [7, 11) is 1.88. The fourth-order valence-electron chi connectivity index (χ4n) is 2.78. The number of thiazole rings is 1. The largest absolute Gasteiger partial charge is 0.324 e. The van der Waals surface area contributed by atoms with Crippen molar-refractivity contribution in [2.45, 2.75) is 0 Å². The second-order valence-corrected chi connectivity index (χ2v) is 7.87. The predicted molar refractivity (Wildman–Crippen MR) is 109 cm³/mol. The second-order valence-electron chi connectivity index (χ2n) is 5.80. The van der Waals surface area contributed by atoms with Crippen molar-refractivity contribution in [2.75, 3.05) is 0 Å². The Kier molecular flexibility index (Phi) is 4.43. The van der Waals surface area contributed by atoms with E-state index in [1.807, 2.05) is 29.8 Å². The van der Waals surface area contributed by atoms with Gasteiger partial charge in [-0.3, -0.25) is 14.9 Å². The lowest BCUT2D eigenvalue weighted by atomic mass is 10.1. The molecule has 0 spiro atoms. The number of amides is 1. The topological polar surface area (TPSA) is 77.5 Å². The van der Waals surface area contributed by atoms with E-state index >= 15 is 0 Å². The third-order valence-corrected chi connectivity index (χ3v) is 6.27. The van der Waals surface area contributed by atoms with E-state index in [2.05, 4.69) is 23.2 Å². The van der Waals surface area contributed by atoms with Crippen molar-refractivity contribution in [3.05, 3.63) is 74.4 Å². The van der Waals surface area contributed by atoms with Crippen LogP contribution in [0, 0.1) is 10.1 Å². The van der Waals surface area contributed by atoms with Crippen LogP contribution >= 0.6 is 22.7 Å². The van der Waals surface area contributed by atoms with E-state index in [1.165, 1.54) is 23.5 Å². The van der Waals surface area contributed by atoms with Gasteiger partial charge in [-0.2, -0.15) is 4.99 Å². The molecule has 1 amide bonds. The molecule has 0 radical (unpaired) electrons. The van der Waals surface area contributed by atoms with Gasteiger partial charge in [0.05, 0.1) is 15.1 Å². The van der Waals surface area contributed by atoms with Gasteiger partial charge < -0.3 is 4.57 Å². The predicted octanol–water partition coefficient (Wildman–Crippen LogP) is 4.50. The highest BCUT2D eigenvalue weighted by molar-refractivity contribution is 7.17. The minimum atomic E-state index is -0.449. The maximum Gasteiger partial charge on any atom is 0.324 e. The molecular weight excluding hydrogens is 382 g/mol. The van der Waals surface area contributed by atoms with Gasteiger partial charge in [0.25, 0.3) is 5.91 Å². The molecule has 0 saturated carbocycles. The molecule has 27 heavy (non-hydrogen) atoms. The highest BCUT2D eigenvalue weighted by Gasteiger charge is 2.09. The van der Waals surface area contributed by atoms with Gasteiger partial charge >= 0.3 is 5.00 Å². The van der Waals surface area contributed by atoms with Crippen molar-refractivity contribution in [3.63, 3.8) is 0 Å². The van der Waals surface area contributed by atoms with Crippen molar-refractivity contribution in [1.82, 2.24) is 4.57 Å². The van der Waals surface area contributed by atoms with E-state index in [9.17, 15) is 14.9 Å². The van der Waals surface area contributed by atoms with Gasteiger partial charge in [-0.25, -0.2) is 0 Å². The minimum Gasteiger partial charge on any atom is -0.319 e. The first-order valence-electron chi connectivity index (χ1n) is 8.01. The Morgan fingerprint density at radius 2 is 1.96 bits per heavy atom. The third-order valence-electron chi connectivity index (χ3n) is 4.09. The van der Waals surface area contributed by atoms with Crippen molar-refractivity contribution in [1.29, 1.82) is 0 Å². The maximum atomic E-state index is 12.2. The molecule has 0 atom stereocenters. The first-order valence-corrected chi connectivity index (χ1v) is 9.64. The Labute approximate surface area is 161 Å². The SMILES string of the molecule is Cn1c(=NC(=O)C=Cc2ccc([N+](=O)[O-])s2)sc2c3ccccc3ccc21. The first kappa shape index (κ1) is 17.3. The van der Waals surface area contributed by atoms with Crippen LogP contribution in [0.4, 0.5) is 5.00 Å². The zero-order valence-corrected chi connectivity index (χ0v) is 15.8. The normalized spacial score (nSPS) is 12.4. The number of fused-ring (bicyclic) bond motifs is 3. The van der Waals surface area contributed by atoms with E-state index in [0.29, 0.717) is 9.68 Å². The molecular formula is C19H13N3O3S2. The smallest absolute Gasteiger partial charge is 0.319 e. The van der Waals surface area contributed by atoms with Crippen molar-refractivity contribution in [3.8, 4) is 0 Å². The van der Waals surface area contributed by atoms with E-state index < -0.39 is 10.8 Å². The lowest BCUT2D eigenvalue weighted by Crippen LogP contribution is -2.12. The summed E-state index contributed by atoms with van der Waals surface area (Å²) in [6.07, 6.45) is 2.88. The number of benzene rings is 2. The van der Waals surface area contributed by atoms with Gasteiger partial charge in [0.15, 0.2) is 4.80 Å². The fraction of sp³-hybridized carbons (Fsp3) is 0.0526. The summed E-state index contributed by atoms with van der Waals surface area (Å²) in [5.74, 6) is -0.405. The Bertz CT molecular complexity index is 1290. The molecule has 0 unspecified atom stereocenters. The Hall–Kier alpha value is -3.10. The number of thiophene rings is 1. The van der Waals surface area contributed by atoms with Gasteiger partial charge in [-0.05, 0) is 23.6 Å². The summed E-state index contributed by atoms with van der Waals surface area (Å²) in [6, 6.07) is 15.2. The number of hydrogen-bond donors (Lipinski definition) is 0. The highest BCUT2D eigenvalue weighted by Crippen LogP contribution is 2.27. The molecule has 0 fully saturated rings. The Morgan fingerprint density at radius 3 is 2.74 bits per heavy atom. The van der Waals surface area contributed by atoms with Gasteiger partial charge in [0.1, 0.15) is 0 Å². The lowest BCUT2D eigenvalue weighted by molar-refractivity contribution is -0.380. The quantitative estimate of drug-likeness (QED) is 0.291. The number of carbonyl (C=O) groups excluding carboxylic acids is 1. The molecule has 2 heterocycles. The summed E-state index contributed by atoms with van der Waals surface area (Å²) in [6.45, 7) is 0. The number of nitro groups is 1. The summed E-state index contributed by atoms with van der Waals surface area (Å²) in [5.41, 5.74) is 1.02. The van der Waals surface area contributed by atoms with Crippen LogP contribution in [-0.4, -0.2) is 15.4 Å². The second kappa shape index (κ2) is 6.90. The number of hydrogen-bond acceptors (Lipinski definition) is 5. The average molecular weight is 395 g/mol. The number of nitrogens with zero attached hydrogens (tertiary/aromatic N) is 3. The Balaban J connectivity index is 1.70. The molecule has 0 saturated heterocycles. The number of carbonyl (C=O) groups is 1. The molecule has 134 valence electrons. The van der Waals surface area contributed by atoms with Crippen molar-refractivity contribution < 1.29 is 9.72 Å². The van der Waals surface area contributed by atoms with Crippen molar-refractivity contribution in [2.24, 2.45) is 12.0 Å². The minimum absolute atomic E-state index is 0.0434. The van der Waals surface area contributed by atoms with Crippen LogP contribution < -0.4 is 4.80 Å². The molecule has 4 aromatic rings. The molecule has 0 aliphatic heterocycles. The van der Waals surface area contributed by atoms with Crippen LogP contribution in [0.1, 0.15) is 4.88 Å². The molecule has 8 heteroatoms. The van der Waals surface area contributed by atoms with Crippen molar-refractivity contribution >= 4 is 60.6 Å². The number of aryl methyl sites for hydroxylation is 1. The number of rotatable bonds is 3. The van der Waals surface area contributed by atoms with Crippen LogP contribution in [0.15, 0.2) is 59.6 Å². The molecule has 4 rings (SSSR count). The molecule has 0 N–H and O–H groups in total. The van der Waals surface area contributed by atoms with Gasteiger partial charge in [0.2, 0.25) is 0 Å². The standard InChI is InChI=1S/C19H13N3O3S2/c1-21-15-9-6-12-4-2-3-5-14(12)18(15)27-19(21)20-16(23)10-7-13-8-11-17(26-13)22(24)25/h2-11H,1H3. The molecule has 0 aliphatic rings. The van der Waals surface area contributed by atoms with Crippen LogP contribution in [0.25, 0.3) is 27.1 Å². The number of aromatic nitrogens is 1. The molecule has 2 aromatic carbocycles. The van der Waals surface area contributed by atoms with Crippen LogP contribution in [0.2, 0.25) is 0 Å². The van der Waals surface area contributed by atoms with Gasteiger partial charge in [0, 0.05) is 29.5 Å². The first-order chi connectivity index (χ1) is 13.0. The van der Waals surface area contributed by atoms with Crippen LogP contribution in [0.3, 0.4) is 0 Å². The fourth-order valence-corrected chi connectivity index (χ4v) is 4.66. The summed E-state index contributed by atoms with van der Waals surface area (Å²) >= 11 is 2.48. The average Bonchev–Trinajstić information content (AvgIpc) is 3.26. The molecule has 0 aliphatic carbocycles. The highest BCUT2D eigenvalue weighted by atomic mass is 32.1. The zero-order valence-electron chi connectivity index (χ0n) is 14.2. The lowest BCUT2D eigenvalue weighted by Gasteiger charge is -1.99. The molecule has 6 nitrogen and oxygen atoms in total. The van der Waals surface area contributed by atoms with E-state index in [-0.39, 0.29) is 5.00 Å². The molecule has 0 bridgehead atoms. The summed E-state index contributed by atoms with van der Waals surface area (Å²) in [5, 5.41) is 13.0. The molecule has 2 aromatic heterocycles. The van der Waals surface area contributed by atoms with E-state index in [4.69, 9.17) is 0 Å². The van der Waals surface area contributed by atoms with Gasteiger partial charge in [-0.1, -0.05) is 53.0 Å². The van der Waals surface area contributed by atoms with E-state index in [0.717, 1.165) is 32.3 Å².